The van der Waals surface area contributed by atoms with E-state index in [0.29, 0.717) is 12.4 Å². The lowest BCUT2D eigenvalue weighted by Crippen LogP contribution is -2.19. The molecular formula is C20H30O3. The van der Waals surface area contributed by atoms with E-state index >= 15 is 0 Å². The van der Waals surface area contributed by atoms with Crippen LogP contribution in [0.1, 0.15) is 65.2 Å². The minimum absolute atomic E-state index is 0.199. The third kappa shape index (κ3) is 5.42. The van der Waals surface area contributed by atoms with Crippen molar-refractivity contribution in [1.29, 1.82) is 0 Å². The quantitative estimate of drug-likeness (QED) is 0.649. The highest BCUT2D eigenvalue weighted by Gasteiger charge is 2.26. The Bertz CT molecular complexity index is 549. The van der Waals surface area contributed by atoms with Crippen LogP contribution in [0, 0.1) is 0 Å². The molecule has 0 saturated carbocycles. The largest absolute Gasteiger partial charge is 0.507 e. The van der Waals surface area contributed by atoms with E-state index in [2.05, 4.69) is 41.5 Å². The normalized spacial score (nSPS) is 12.7. The predicted molar refractivity (Wildman–Crippen MR) is 95.0 cm³/mol. The Morgan fingerprint density at radius 1 is 1.09 bits per heavy atom. The van der Waals surface area contributed by atoms with E-state index in [1.54, 1.807) is 6.08 Å². The maximum Gasteiger partial charge on any atom is 0.310 e. The Morgan fingerprint density at radius 3 is 1.96 bits per heavy atom. The van der Waals surface area contributed by atoms with Gasteiger partial charge in [0, 0.05) is 0 Å². The topological polar surface area (TPSA) is 46.5 Å². The molecule has 0 amide bonds. The summed E-state index contributed by atoms with van der Waals surface area (Å²) in [6, 6.07) is 3.84. The molecule has 0 atom stereocenters. The highest BCUT2D eigenvalue weighted by atomic mass is 16.5. The zero-order chi connectivity index (χ0) is 17.8. The average Bonchev–Trinajstić information content (AvgIpc) is 2.38. The van der Waals surface area contributed by atoms with Gasteiger partial charge >= 0.3 is 5.97 Å². The lowest BCUT2D eigenvalue weighted by Gasteiger charge is -2.28. The van der Waals surface area contributed by atoms with Gasteiger partial charge in [0.15, 0.2) is 0 Å². The standard InChI is InChI=1S/C20H30O3/c1-8-9-10-23-17(21)13-14-11-15(19(2,3)4)18(22)16(12-14)20(5,6)7/h8-9,11-12,22H,10,13H2,1-7H3. The van der Waals surface area contributed by atoms with Crippen molar-refractivity contribution in [3.8, 4) is 5.75 Å². The van der Waals surface area contributed by atoms with E-state index < -0.39 is 0 Å². The van der Waals surface area contributed by atoms with Crippen molar-refractivity contribution in [1.82, 2.24) is 0 Å². The molecule has 0 unspecified atom stereocenters. The van der Waals surface area contributed by atoms with E-state index in [1.807, 2.05) is 25.1 Å². The molecule has 1 rings (SSSR count). The van der Waals surface area contributed by atoms with Crippen molar-refractivity contribution >= 4 is 5.97 Å². The predicted octanol–water partition coefficient (Wildman–Crippen LogP) is 4.65. The number of aromatic hydroxyl groups is 1. The fraction of sp³-hybridized carbons (Fsp3) is 0.550. The van der Waals surface area contributed by atoms with Gasteiger partial charge in [0.1, 0.15) is 12.4 Å². The number of allylic oxidation sites excluding steroid dienone is 1. The number of ether oxygens (including phenoxy) is 1. The number of carbonyl (C=O) groups excluding carboxylic acids is 1. The fourth-order valence-corrected chi connectivity index (χ4v) is 2.39. The Labute approximate surface area is 140 Å². The van der Waals surface area contributed by atoms with Crippen LogP contribution in [0.15, 0.2) is 24.3 Å². The molecule has 0 bridgehead atoms. The maximum absolute atomic E-state index is 12.0. The van der Waals surface area contributed by atoms with Crippen LogP contribution in [0.4, 0.5) is 0 Å². The molecule has 0 fully saturated rings. The number of hydrogen-bond acceptors (Lipinski definition) is 3. The van der Waals surface area contributed by atoms with Crippen molar-refractivity contribution in [3.63, 3.8) is 0 Å². The van der Waals surface area contributed by atoms with Crippen LogP contribution in [-0.4, -0.2) is 17.7 Å². The number of rotatable bonds is 4. The number of phenolic OH excluding ortho intramolecular Hbond substituents is 1. The third-order valence-electron chi connectivity index (χ3n) is 3.71. The van der Waals surface area contributed by atoms with E-state index in [9.17, 15) is 9.90 Å². The summed E-state index contributed by atoms with van der Waals surface area (Å²) in [5.74, 6) is 0.0736. The van der Waals surface area contributed by atoms with Crippen LogP contribution >= 0.6 is 0 Å². The third-order valence-corrected chi connectivity index (χ3v) is 3.71. The van der Waals surface area contributed by atoms with Gasteiger partial charge < -0.3 is 9.84 Å². The molecule has 3 nitrogen and oxygen atoms in total. The van der Waals surface area contributed by atoms with Crippen LogP contribution in [0.25, 0.3) is 0 Å². The van der Waals surface area contributed by atoms with Gasteiger partial charge in [-0.1, -0.05) is 65.8 Å². The van der Waals surface area contributed by atoms with Crippen molar-refractivity contribution in [2.24, 2.45) is 0 Å². The molecule has 0 aliphatic rings. The van der Waals surface area contributed by atoms with Crippen LogP contribution in [0.3, 0.4) is 0 Å². The zero-order valence-electron chi connectivity index (χ0n) is 15.5. The van der Waals surface area contributed by atoms with Gasteiger partial charge in [-0.25, -0.2) is 0 Å². The maximum atomic E-state index is 12.0. The molecule has 0 aromatic heterocycles. The first kappa shape index (κ1) is 19.3. The minimum atomic E-state index is -0.256. The van der Waals surface area contributed by atoms with Crippen molar-refractivity contribution < 1.29 is 14.6 Å². The lowest BCUT2D eigenvalue weighted by atomic mass is 9.78. The van der Waals surface area contributed by atoms with Gasteiger partial charge in [0.2, 0.25) is 0 Å². The molecule has 23 heavy (non-hydrogen) atoms. The van der Waals surface area contributed by atoms with Crippen molar-refractivity contribution in [3.05, 3.63) is 41.0 Å². The average molecular weight is 318 g/mol. The summed E-state index contributed by atoms with van der Waals surface area (Å²) in [5, 5.41) is 10.7. The van der Waals surface area contributed by atoms with E-state index in [0.717, 1.165) is 16.7 Å². The molecule has 0 aliphatic carbocycles. The molecule has 0 spiro atoms. The first-order valence-corrected chi connectivity index (χ1v) is 8.10. The van der Waals surface area contributed by atoms with E-state index in [1.165, 1.54) is 0 Å². The SMILES string of the molecule is CC=CCOC(=O)Cc1cc(C(C)(C)C)c(O)c(C(C)(C)C)c1. The zero-order valence-corrected chi connectivity index (χ0v) is 15.5. The van der Waals surface area contributed by atoms with Gasteiger partial charge in [0.05, 0.1) is 6.42 Å². The summed E-state index contributed by atoms with van der Waals surface area (Å²) in [6.45, 7) is 14.5. The van der Waals surface area contributed by atoms with Crippen LogP contribution in [0.5, 0.6) is 5.75 Å². The summed E-state index contributed by atoms with van der Waals surface area (Å²) in [6.07, 6.45) is 3.86. The van der Waals surface area contributed by atoms with Crippen LogP contribution in [-0.2, 0) is 26.8 Å². The molecular weight excluding hydrogens is 288 g/mol. The summed E-state index contributed by atoms with van der Waals surface area (Å²) in [7, 11) is 0. The van der Waals surface area contributed by atoms with Gasteiger partial charge in [-0.3, -0.25) is 4.79 Å². The molecule has 0 aliphatic heterocycles. The van der Waals surface area contributed by atoms with Gasteiger partial charge in [-0.15, -0.1) is 0 Å². The molecule has 3 heteroatoms. The van der Waals surface area contributed by atoms with E-state index in [-0.39, 0.29) is 23.2 Å². The summed E-state index contributed by atoms with van der Waals surface area (Å²) < 4.78 is 5.18. The van der Waals surface area contributed by atoms with Crippen molar-refractivity contribution in [2.45, 2.75) is 65.7 Å². The number of benzene rings is 1. The molecule has 1 N–H and O–H groups in total. The second-order valence-corrected chi connectivity index (χ2v) is 7.97. The molecule has 0 heterocycles. The molecule has 1 aromatic carbocycles. The van der Waals surface area contributed by atoms with Gasteiger partial charge in [-0.05, 0) is 34.4 Å². The summed E-state index contributed by atoms with van der Waals surface area (Å²) in [5.41, 5.74) is 2.20. The Kier molecular flexibility index (Phi) is 6.04. The van der Waals surface area contributed by atoms with Crippen LogP contribution < -0.4 is 0 Å². The molecule has 128 valence electrons. The molecule has 0 radical (unpaired) electrons. The Hall–Kier alpha value is -1.77. The smallest absolute Gasteiger partial charge is 0.310 e. The molecule has 0 saturated heterocycles. The first-order chi connectivity index (χ1) is 10.5. The monoisotopic (exact) mass is 318 g/mol. The number of phenols is 1. The fourth-order valence-electron chi connectivity index (χ4n) is 2.39. The highest BCUT2D eigenvalue weighted by molar-refractivity contribution is 5.73. The van der Waals surface area contributed by atoms with Crippen molar-refractivity contribution in [2.75, 3.05) is 6.61 Å². The lowest BCUT2D eigenvalue weighted by molar-refractivity contribution is -0.141. The Balaban J connectivity index is 3.21. The van der Waals surface area contributed by atoms with Gasteiger partial charge in [0.25, 0.3) is 0 Å². The second kappa shape index (κ2) is 7.20. The second-order valence-electron chi connectivity index (χ2n) is 7.97. The summed E-state index contributed by atoms with van der Waals surface area (Å²) in [4.78, 5) is 12.0. The number of hydrogen-bond donors (Lipinski definition) is 1. The Morgan fingerprint density at radius 2 is 1.57 bits per heavy atom. The minimum Gasteiger partial charge on any atom is -0.507 e. The number of esters is 1. The van der Waals surface area contributed by atoms with Gasteiger partial charge in [-0.2, -0.15) is 0 Å². The van der Waals surface area contributed by atoms with E-state index in [4.69, 9.17) is 4.74 Å². The number of carbonyl (C=O) groups is 1. The summed E-state index contributed by atoms with van der Waals surface area (Å²) >= 11 is 0. The molecule has 1 aromatic rings. The van der Waals surface area contributed by atoms with Crippen LogP contribution in [0.2, 0.25) is 0 Å². The first-order valence-electron chi connectivity index (χ1n) is 8.10. The highest BCUT2D eigenvalue weighted by Crippen LogP contribution is 2.39.